The number of benzene rings is 9. The van der Waals surface area contributed by atoms with Gasteiger partial charge in [0.15, 0.2) is 5.82 Å². The molecule has 0 aliphatic heterocycles. The van der Waals surface area contributed by atoms with E-state index < -0.39 is 0 Å². The van der Waals surface area contributed by atoms with Crippen molar-refractivity contribution in [1.29, 1.82) is 0 Å². The van der Waals surface area contributed by atoms with E-state index in [0.717, 1.165) is 56.0 Å². The van der Waals surface area contributed by atoms with Gasteiger partial charge in [0.25, 0.3) is 0 Å². The number of rotatable bonds is 5. The van der Waals surface area contributed by atoms with Crippen LogP contribution in [0, 0.1) is 0 Å². The molecule has 0 aliphatic rings. The summed E-state index contributed by atoms with van der Waals surface area (Å²) >= 11 is 1.85. The molecule has 274 valence electrons. The molecule has 12 aromatic rings. The van der Waals surface area contributed by atoms with Gasteiger partial charge in [0, 0.05) is 47.8 Å². The van der Waals surface area contributed by atoms with E-state index in [2.05, 4.69) is 164 Å². The van der Waals surface area contributed by atoms with Crippen LogP contribution in [0.25, 0.3) is 120 Å². The molecule has 12 rings (SSSR count). The molecule has 3 heterocycles. The highest BCUT2D eigenvalue weighted by atomic mass is 32.1. The van der Waals surface area contributed by atoms with E-state index in [0.29, 0.717) is 5.82 Å². The lowest BCUT2D eigenvalue weighted by Crippen LogP contribution is -1.96. The Morgan fingerprint density at radius 2 is 0.797 bits per heavy atom. The summed E-state index contributed by atoms with van der Waals surface area (Å²) < 4.78 is 2.53. The van der Waals surface area contributed by atoms with Crippen molar-refractivity contribution in [3.63, 3.8) is 0 Å². The maximum Gasteiger partial charge on any atom is 0.160 e. The normalized spacial score (nSPS) is 11.7. The Kier molecular flexibility index (Phi) is 7.72. The first-order valence-electron chi connectivity index (χ1n) is 19.9. The number of nitrogens with zero attached hydrogens (tertiary/aromatic N) is 3. The molecule has 0 fully saturated rings. The van der Waals surface area contributed by atoms with Gasteiger partial charge in [0.05, 0.1) is 22.6 Å². The van der Waals surface area contributed by atoms with Crippen LogP contribution in [0.4, 0.5) is 0 Å². The second kappa shape index (κ2) is 13.6. The van der Waals surface area contributed by atoms with Gasteiger partial charge in [-0.25, -0.2) is 15.0 Å². The van der Waals surface area contributed by atoms with Crippen molar-refractivity contribution in [3.05, 3.63) is 200 Å². The summed E-state index contributed by atoms with van der Waals surface area (Å²) in [4.78, 5) is 15.7. The summed E-state index contributed by atoms with van der Waals surface area (Å²) in [5.41, 5.74) is 10.2. The first-order chi connectivity index (χ1) is 29.2. The van der Waals surface area contributed by atoms with E-state index in [9.17, 15) is 0 Å². The summed E-state index contributed by atoms with van der Waals surface area (Å²) in [5, 5.41) is 11.2. The minimum absolute atomic E-state index is 0.699. The van der Waals surface area contributed by atoms with Crippen LogP contribution in [0.3, 0.4) is 0 Å². The minimum Gasteiger partial charge on any atom is -0.247 e. The molecule has 0 aliphatic carbocycles. The molecule has 3 nitrogen and oxygen atoms in total. The lowest BCUT2D eigenvalue weighted by molar-refractivity contribution is 1.18. The maximum absolute atomic E-state index is 5.56. The summed E-state index contributed by atoms with van der Waals surface area (Å²) in [7, 11) is 0. The molecule has 0 saturated heterocycles. The monoisotopic (exact) mass is 767 g/mol. The number of hydrogen-bond acceptors (Lipinski definition) is 4. The Morgan fingerprint density at radius 1 is 0.305 bits per heavy atom. The molecule has 0 atom stereocenters. The van der Waals surface area contributed by atoms with Crippen LogP contribution < -0.4 is 0 Å². The van der Waals surface area contributed by atoms with Crippen molar-refractivity contribution in [1.82, 2.24) is 15.0 Å². The van der Waals surface area contributed by atoms with Gasteiger partial charge < -0.3 is 0 Å². The van der Waals surface area contributed by atoms with E-state index in [1.165, 1.54) is 57.9 Å². The molecule has 0 unspecified atom stereocenters. The van der Waals surface area contributed by atoms with E-state index in [1.54, 1.807) is 0 Å². The third-order valence-electron chi connectivity index (χ3n) is 11.7. The smallest absolute Gasteiger partial charge is 0.160 e. The molecule has 0 radical (unpaired) electrons. The molecule has 0 spiro atoms. The Labute approximate surface area is 344 Å². The molecule has 0 bridgehead atoms. The quantitative estimate of drug-likeness (QED) is 0.164. The number of aromatic nitrogens is 3. The number of fused-ring (bicyclic) bond motifs is 11. The van der Waals surface area contributed by atoms with E-state index in [-0.39, 0.29) is 0 Å². The summed E-state index contributed by atoms with van der Waals surface area (Å²) in [6.45, 7) is 0. The van der Waals surface area contributed by atoms with Crippen LogP contribution in [0.2, 0.25) is 0 Å². The largest absolute Gasteiger partial charge is 0.247 e. The zero-order valence-corrected chi connectivity index (χ0v) is 32.6. The second-order valence-corrected chi connectivity index (χ2v) is 16.2. The van der Waals surface area contributed by atoms with Crippen LogP contribution in [0.1, 0.15) is 0 Å². The predicted octanol–water partition coefficient (Wildman–Crippen LogP) is 15.2. The van der Waals surface area contributed by atoms with Gasteiger partial charge in [-0.3, -0.25) is 0 Å². The molecule has 3 aromatic heterocycles. The topological polar surface area (TPSA) is 38.7 Å². The van der Waals surface area contributed by atoms with Crippen LogP contribution >= 0.6 is 11.3 Å². The molecule has 9 aromatic carbocycles. The van der Waals surface area contributed by atoms with Crippen molar-refractivity contribution in [2.24, 2.45) is 0 Å². The molecule has 59 heavy (non-hydrogen) atoms. The third kappa shape index (κ3) is 5.60. The lowest BCUT2D eigenvalue weighted by atomic mass is 9.92. The maximum atomic E-state index is 5.56. The lowest BCUT2D eigenvalue weighted by Gasteiger charge is -2.13. The zero-order chi connectivity index (χ0) is 38.9. The van der Waals surface area contributed by atoms with E-state index >= 15 is 0 Å². The average Bonchev–Trinajstić information content (AvgIpc) is 3.72. The van der Waals surface area contributed by atoms with Crippen LogP contribution in [-0.2, 0) is 0 Å². The van der Waals surface area contributed by atoms with Crippen molar-refractivity contribution >= 4 is 74.7 Å². The zero-order valence-electron chi connectivity index (χ0n) is 31.8. The Morgan fingerprint density at radius 3 is 1.44 bits per heavy atom. The average molecular weight is 768 g/mol. The molecule has 4 heteroatoms. The van der Waals surface area contributed by atoms with Crippen LogP contribution in [-0.4, -0.2) is 15.0 Å². The molecule has 0 saturated carbocycles. The van der Waals surface area contributed by atoms with Crippen LogP contribution in [0.5, 0.6) is 0 Å². The SMILES string of the molecule is c1ccc(-c2cc(-c3ccccc3)nc(-c3ccc(-c4ccc5c(c4)nc(-c4ccc6c7ccccc7c7ccccc7c6c4)c4c6ccccc6sc54)cc3)n2)cc1. The van der Waals surface area contributed by atoms with Gasteiger partial charge in [-0.15, -0.1) is 11.3 Å². The second-order valence-electron chi connectivity index (χ2n) is 15.1. The van der Waals surface area contributed by atoms with Crippen molar-refractivity contribution < 1.29 is 0 Å². The predicted molar refractivity (Wildman–Crippen MR) is 250 cm³/mol. The molecule has 0 amide bonds. The Hall–Kier alpha value is -7.53. The van der Waals surface area contributed by atoms with Gasteiger partial charge in [-0.1, -0.05) is 176 Å². The molecular weight excluding hydrogens is 735 g/mol. The van der Waals surface area contributed by atoms with E-state index in [4.69, 9.17) is 15.0 Å². The van der Waals surface area contributed by atoms with Gasteiger partial charge >= 0.3 is 0 Å². The highest BCUT2D eigenvalue weighted by molar-refractivity contribution is 7.26. The van der Waals surface area contributed by atoms with Gasteiger partial charge in [-0.2, -0.15) is 0 Å². The summed E-state index contributed by atoms with van der Waals surface area (Å²) in [5.74, 6) is 0.699. The van der Waals surface area contributed by atoms with E-state index in [1.807, 2.05) is 47.7 Å². The van der Waals surface area contributed by atoms with Crippen LogP contribution in [0.15, 0.2) is 200 Å². The standard InChI is InChI=1S/C55H33N3S/c1-3-13-35(14-4-1)48-33-49(36-15-5-2-6-16-36)58-55(57-48)37-25-23-34(24-26-37)38-27-30-45-50(32-38)56-53(52-46-21-11-12-22-51(46)59-54(45)52)39-28-29-44-42-19-8-7-17-40(42)41-18-9-10-20-43(41)47(44)31-39/h1-33H. The number of thiophene rings is 1. The Bertz CT molecular complexity index is 3500. The fourth-order valence-corrected chi connectivity index (χ4v) is 10.0. The fraction of sp³-hybridized carbons (Fsp3) is 0. The Balaban J connectivity index is 1.00. The van der Waals surface area contributed by atoms with Crippen molar-refractivity contribution in [2.45, 2.75) is 0 Å². The molecule has 0 N–H and O–H groups in total. The summed E-state index contributed by atoms with van der Waals surface area (Å²) in [6.07, 6.45) is 0. The highest BCUT2D eigenvalue weighted by Gasteiger charge is 2.19. The van der Waals surface area contributed by atoms with Gasteiger partial charge in [0.1, 0.15) is 0 Å². The minimum atomic E-state index is 0.699. The summed E-state index contributed by atoms with van der Waals surface area (Å²) in [6, 6.07) is 71.3. The number of hydrogen-bond donors (Lipinski definition) is 0. The van der Waals surface area contributed by atoms with Gasteiger partial charge in [0.2, 0.25) is 0 Å². The number of pyridine rings is 1. The first kappa shape index (κ1) is 33.6. The third-order valence-corrected chi connectivity index (χ3v) is 12.9. The van der Waals surface area contributed by atoms with Crippen molar-refractivity contribution in [2.75, 3.05) is 0 Å². The van der Waals surface area contributed by atoms with Crippen molar-refractivity contribution in [3.8, 4) is 56.3 Å². The molecular formula is C55H33N3S. The first-order valence-corrected chi connectivity index (χ1v) is 20.7. The highest BCUT2D eigenvalue weighted by Crippen LogP contribution is 2.45. The van der Waals surface area contributed by atoms with Gasteiger partial charge in [-0.05, 0) is 67.7 Å². The fourth-order valence-electron chi connectivity index (χ4n) is 8.81.